The highest BCUT2D eigenvalue weighted by atomic mass is 35.5. The van der Waals surface area contributed by atoms with Crippen LogP contribution >= 0.6 is 11.6 Å². The van der Waals surface area contributed by atoms with Gasteiger partial charge in [0.15, 0.2) is 0 Å². The summed E-state index contributed by atoms with van der Waals surface area (Å²) < 4.78 is 11.4. The summed E-state index contributed by atoms with van der Waals surface area (Å²) in [7, 11) is 1.65. The van der Waals surface area contributed by atoms with Gasteiger partial charge in [-0.25, -0.2) is 0 Å². The van der Waals surface area contributed by atoms with E-state index < -0.39 is 0 Å². The lowest BCUT2D eigenvalue weighted by Crippen LogP contribution is -2.47. The summed E-state index contributed by atoms with van der Waals surface area (Å²) in [5, 5.41) is 0.754. The van der Waals surface area contributed by atoms with Crippen LogP contribution in [0.3, 0.4) is 0 Å². The molecule has 1 saturated heterocycles. The molecule has 1 aliphatic heterocycles. The van der Waals surface area contributed by atoms with Crippen LogP contribution in [0.1, 0.15) is 16.7 Å². The predicted octanol–water partition coefficient (Wildman–Crippen LogP) is 5.29. The molecule has 34 heavy (non-hydrogen) atoms. The molecule has 1 fully saturated rings. The lowest BCUT2D eigenvalue weighted by atomic mass is 10.1. The Hall–Kier alpha value is -3.28. The summed E-state index contributed by atoms with van der Waals surface area (Å²) in [6, 6.07) is 23.5. The molecule has 176 valence electrons. The van der Waals surface area contributed by atoms with Crippen molar-refractivity contribution in [2.45, 2.75) is 13.2 Å². The molecular formula is C28H29ClN2O3. The average Bonchev–Trinajstić information content (AvgIpc) is 2.87. The van der Waals surface area contributed by atoms with Crippen molar-refractivity contribution in [3.8, 4) is 11.5 Å². The minimum absolute atomic E-state index is 0.0281. The number of benzene rings is 3. The van der Waals surface area contributed by atoms with Crippen molar-refractivity contribution >= 4 is 23.6 Å². The standard InChI is InChI=1S/C28H29ClN2O3/c1-33-27-12-10-22(18-24(27)21-34-26-8-3-2-4-9-26)11-13-28(32)31-16-14-30(15-17-31)20-23-6-5-7-25(29)19-23/h2-13,18-19H,14-17,20-21H2,1H3/b13-11+. The topological polar surface area (TPSA) is 42.0 Å². The molecule has 3 aromatic rings. The second-order valence-corrected chi connectivity index (χ2v) is 8.67. The first-order valence-electron chi connectivity index (χ1n) is 11.4. The minimum atomic E-state index is 0.0281. The Balaban J connectivity index is 1.31. The zero-order chi connectivity index (χ0) is 23.8. The molecule has 1 aliphatic rings. The number of hydrogen-bond donors (Lipinski definition) is 0. The Kier molecular flexibility index (Phi) is 8.23. The van der Waals surface area contributed by atoms with Crippen molar-refractivity contribution in [1.29, 1.82) is 0 Å². The summed E-state index contributed by atoms with van der Waals surface area (Å²) in [5.74, 6) is 1.59. The highest BCUT2D eigenvalue weighted by Crippen LogP contribution is 2.23. The van der Waals surface area contributed by atoms with E-state index in [1.165, 1.54) is 5.56 Å². The first-order valence-corrected chi connectivity index (χ1v) is 11.8. The number of amides is 1. The molecule has 1 heterocycles. The van der Waals surface area contributed by atoms with E-state index in [-0.39, 0.29) is 5.91 Å². The molecule has 0 unspecified atom stereocenters. The van der Waals surface area contributed by atoms with Gasteiger partial charge in [-0.1, -0.05) is 48.0 Å². The third kappa shape index (κ3) is 6.62. The number of carbonyl (C=O) groups is 1. The molecule has 1 amide bonds. The number of nitrogens with zero attached hydrogens (tertiary/aromatic N) is 2. The van der Waals surface area contributed by atoms with Crippen LogP contribution in [-0.2, 0) is 17.9 Å². The smallest absolute Gasteiger partial charge is 0.246 e. The van der Waals surface area contributed by atoms with Gasteiger partial charge in [0.05, 0.1) is 7.11 Å². The number of rotatable bonds is 8. The van der Waals surface area contributed by atoms with E-state index in [9.17, 15) is 4.79 Å². The average molecular weight is 477 g/mol. The number of carbonyl (C=O) groups excluding carboxylic acids is 1. The number of hydrogen-bond acceptors (Lipinski definition) is 4. The fourth-order valence-electron chi connectivity index (χ4n) is 3.99. The predicted molar refractivity (Wildman–Crippen MR) is 136 cm³/mol. The number of para-hydroxylation sites is 1. The Morgan fingerprint density at radius 1 is 0.971 bits per heavy atom. The van der Waals surface area contributed by atoms with E-state index in [4.69, 9.17) is 21.1 Å². The lowest BCUT2D eigenvalue weighted by Gasteiger charge is -2.34. The summed E-state index contributed by atoms with van der Waals surface area (Å²) in [6.45, 7) is 4.34. The SMILES string of the molecule is COc1ccc(/C=C/C(=O)N2CCN(Cc3cccc(Cl)c3)CC2)cc1COc1ccccc1. The Morgan fingerprint density at radius 3 is 2.50 bits per heavy atom. The molecule has 0 atom stereocenters. The Labute approximate surface area is 206 Å². The molecule has 6 heteroatoms. The molecule has 0 aromatic heterocycles. The van der Waals surface area contributed by atoms with Crippen LogP contribution in [0.25, 0.3) is 6.08 Å². The van der Waals surface area contributed by atoms with Gasteiger partial charge in [-0.2, -0.15) is 0 Å². The monoisotopic (exact) mass is 476 g/mol. The van der Waals surface area contributed by atoms with Crippen molar-refractivity contribution in [2.75, 3.05) is 33.3 Å². The lowest BCUT2D eigenvalue weighted by molar-refractivity contribution is -0.127. The summed E-state index contributed by atoms with van der Waals surface area (Å²) in [5.41, 5.74) is 3.05. The number of ether oxygens (including phenoxy) is 2. The molecule has 0 aliphatic carbocycles. The van der Waals surface area contributed by atoms with Crippen LogP contribution in [0.4, 0.5) is 0 Å². The maximum atomic E-state index is 12.8. The third-order valence-electron chi connectivity index (χ3n) is 5.84. The van der Waals surface area contributed by atoms with Gasteiger partial charge in [-0.15, -0.1) is 0 Å². The molecule has 5 nitrogen and oxygen atoms in total. The highest BCUT2D eigenvalue weighted by Gasteiger charge is 2.19. The van der Waals surface area contributed by atoms with Crippen LogP contribution in [0.5, 0.6) is 11.5 Å². The fourth-order valence-corrected chi connectivity index (χ4v) is 4.20. The van der Waals surface area contributed by atoms with Gasteiger partial charge in [-0.3, -0.25) is 9.69 Å². The molecule has 0 spiro atoms. The van der Waals surface area contributed by atoms with E-state index >= 15 is 0 Å². The molecular weight excluding hydrogens is 448 g/mol. The van der Waals surface area contributed by atoms with Crippen LogP contribution in [0, 0.1) is 0 Å². The van der Waals surface area contributed by atoms with Gasteiger partial charge < -0.3 is 14.4 Å². The zero-order valence-corrected chi connectivity index (χ0v) is 20.1. The summed E-state index contributed by atoms with van der Waals surface area (Å²) in [4.78, 5) is 17.0. The van der Waals surface area contributed by atoms with Crippen LogP contribution in [0.15, 0.2) is 78.9 Å². The van der Waals surface area contributed by atoms with E-state index in [0.717, 1.165) is 47.3 Å². The van der Waals surface area contributed by atoms with Crippen molar-refractivity contribution in [2.24, 2.45) is 0 Å². The van der Waals surface area contributed by atoms with Crippen molar-refractivity contribution in [3.05, 3.63) is 101 Å². The van der Waals surface area contributed by atoms with E-state index in [0.29, 0.717) is 19.7 Å². The Bertz CT molecular complexity index is 1130. The second kappa shape index (κ2) is 11.7. The van der Waals surface area contributed by atoms with Crippen LogP contribution in [-0.4, -0.2) is 49.0 Å². The Morgan fingerprint density at radius 2 is 1.76 bits per heavy atom. The maximum Gasteiger partial charge on any atom is 0.246 e. The number of piperazine rings is 1. The minimum Gasteiger partial charge on any atom is -0.496 e. The van der Waals surface area contributed by atoms with Gasteiger partial charge in [-0.05, 0) is 53.6 Å². The second-order valence-electron chi connectivity index (χ2n) is 8.24. The number of methoxy groups -OCH3 is 1. The largest absolute Gasteiger partial charge is 0.496 e. The van der Waals surface area contributed by atoms with Crippen molar-refractivity contribution in [1.82, 2.24) is 9.80 Å². The summed E-state index contributed by atoms with van der Waals surface area (Å²) >= 11 is 6.09. The number of halogens is 1. The van der Waals surface area contributed by atoms with E-state index in [2.05, 4.69) is 11.0 Å². The van der Waals surface area contributed by atoms with Crippen LogP contribution < -0.4 is 9.47 Å². The molecule has 0 N–H and O–H groups in total. The van der Waals surface area contributed by atoms with E-state index in [1.54, 1.807) is 13.2 Å². The quantitative estimate of drug-likeness (QED) is 0.414. The van der Waals surface area contributed by atoms with Gasteiger partial charge in [0.2, 0.25) is 5.91 Å². The first kappa shape index (κ1) is 23.9. The molecule has 0 bridgehead atoms. The van der Waals surface area contributed by atoms with Gasteiger partial charge in [0.25, 0.3) is 0 Å². The summed E-state index contributed by atoms with van der Waals surface area (Å²) in [6.07, 6.45) is 3.50. The van der Waals surface area contributed by atoms with Gasteiger partial charge >= 0.3 is 0 Å². The van der Waals surface area contributed by atoms with Gasteiger partial charge in [0.1, 0.15) is 18.1 Å². The molecule has 4 rings (SSSR count). The van der Waals surface area contributed by atoms with Crippen LogP contribution in [0.2, 0.25) is 5.02 Å². The highest BCUT2D eigenvalue weighted by molar-refractivity contribution is 6.30. The van der Waals surface area contributed by atoms with Crippen molar-refractivity contribution < 1.29 is 14.3 Å². The molecule has 0 saturated carbocycles. The van der Waals surface area contributed by atoms with Gasteiger partial charge in [0, 0.05) is 49.4 Å². The molecule has 0 radical (unpaired) electrons. The molecule has 3 aromatic carbocycles. The third-order valence-corrected chi connectivity index (χ3v) is 6.07. The maximum absolute atomic E-state index is 12.8. The van der Waals surface area contributed by atoms with E-state index in [1.807, 2.05) is 77.7 Å². The fraction of sp³-hybridized carbons (Fsp3) is 0.250. The normalized spacial score (nSPS) is 14.4. The van der Waals surface area contributed by atoms with Crippen molar-refractivity contribution in [3.63, 3.8) is 0 Å². The zero-order valence-electron chi connectivity index (χ0n) is 19.3. The first-order chi connectivity index (χ1) is 16.6.